The molecule has 0 atom stereocenters. The lowest BCUT2D eigenvalue weighted by atomic mass is 10.1. The number of nitrogens with zero attached hydrogens (tertiary/aromatic N) is 7. The first-order chi connectivity index (χ1) is 18.4. The summed E-state index contributed by atoms with van der Waals surface area (Å²) < 4.78 is 1.85. The molecular weight excluding hydrogens is 474 g/mol. The molecule has 0 saturated carbocycles. The van der Waals surface area contributed by atoms with Gasteiger partial charge in [-0.15, -0.1) is 5.10 Å². The molecule has 0 saturated heterocycles. The Labute approximate surface area is 225 Å². The number of rotatable bonds is 10. The van der Waals surface area contributed by atoms with Gasteiger partial charge in [0.1, 0.15) is 5.82 Å². The van der Waals surface area contributed by atoms with Crippen LogP contribution in [0, 0.1) is 0 Å². The minimum Gasteiger partial charge on any atom is -0.357 e. The molecule has 3 aromatic rings. The van der Waals surface area contributed by atoms with E-state index in [0.29, 0.717) is 37.6 Å². The maximum absolute atomic E-state index is 13.7. The summed E-state index contributed by atoms with van der Waals surface area (Å²) in [6.07, 6.45) is 4.79. The van der Waals surface area contributed by atoms with Crippen molar-refractivity contribution in [1.29, 1.82) is 0 Å². The van der Waals surface area contributed by atoms with Crippen molar-refractivity contribution < 1.29 is 4.79 Å². The molecule has 0 unspecified atom stereocenters. The van der Waals surface area contributed by atoms with Crippen LogP contribution in [0.25, 0.3) is 0 Å². The molecule has 2 aromatic carbocycles. The maximum atomic E-state index is 13.7. The van der Waals surface area contributed by atoms with E-state index in [9.17, 15) is 4.79 Å². The summed E-state index contributed by atoms with van der Waals surface area (Å²) in [7, 11) is 4.03. The summed E-state index contributed by atoms with van der Waals surface area (Å²) >= 11 is 0. The predicted octanol–water partition coefficient (Wildman–Crippen LogP) is 4.51. The number of hydrogen-bond donors (Lipinski definition) is 0. The number of amides is 1. The number of likely N-dealkylation sites (N-methyl/N-ethyl adjacent to an activating group) is 1. The highest BCUT2D eigenvalue weighted by atomic mass is 16.2. The number of anilines is 1. The second kappa shape index (κ2) is 12.5. The van der Waals surface area contributed by atoms with Crippen LogP contribution in [0.5, 0.6) is 0 Å². The van der Waals surface area contributed by atoms with Crippen LogP contribution in [0.4, 0.5) is 5.69 Å². The van der Waals surface area contributed by atoms with Crippen molar-refractivity contribution in [3.05, 3.63) is 101 Å². The highest BCUT2D eigenvalue weighted by molar-refractivity contribution is 6.08. The highest BCUT2D eigenvalue weighted by Crippen LogP contribution is 2.26. The van der Waals surface area contributed by atoms with Crippen LogP contribution in [0.15, 0.2) is 88.8 Å². The number of allylic oxidation sites excluding steroid dienone is 1. The average Bonchev–Trinajstić information content (AvgIpc) is 3.30. The van der Waals surface area contributed by atoms with E-state index in [2.05, 4.69) is 77.3 Å². The number of aliphatic imine (C=N–C) groups is 1. The number of hydrogen-bond acceptors (Lipinski definition) is 6. The number of benzene rings is 2. The van der Waals surface area contributed by atoms with Gasteiger partial charge in [0, 0.05) is 38.9 Å². The van der Waals surface area contributed by atoms with Gasteiger partial charge in [-0.25, -0.2) is 9.67 Å². The molecule has 4 rings (SSSR count). The summed E-state index contributed by atoms with van der Waals surface area (Å²) in [5, 5.41) is 8.72. The van der Waals surface area contributed by atoms with Crippen LogP contribution in [0.3, 0.4) is 0 Å². The van der Waals surface area contributed by atoms with Crippen molar-refractivity contribution in [3.8, 4) is 0 Å². The fourth-order valence-electron chi connectivity index (χ4n) is 4.56. The molecule has 0 N–H and O–H groups in total. The van der Waals surface area contributed by atoms with Crippen LogP contribution in [-0.4, -0.2) is 64.6 Å². The number of carbonyl (C=O) groups is 1. The molecule has 198 valence electrons. The van der Waals surface area contributed by atoms with Crippen molar-refractivity contribution in [2.45, 2.75) is 39.9 Å². The van der Waals surface area contributed by atoms with Gasteiger partial charge < -0.3 is 9.80 Å². The van der Waals surface area contributed by atoms with E-state index in [0.717, 1.165) is 35.5 Å². The summed E-state index contributed by atoms with van der Waals surface area (Å²) in [6.45, 7) is 11.2. The van der Waals surface area contributed by atoms with E-state index in [1.54, 1.807) is 0 Å². The quantitative estimate of drug-likeness (QED) is 0.375. The first-order valence-electron chi connectivity index (χ1n) is 13.0. The van der Waals surface area contributed by atoms with Gasteiger partial charge in [0.15, 0.2) is 0 Å². The molecule has 1 aliphatic heterocycles. The Bertz CT molecular complexity index is 1330. The molecule has 0 bridgehead atoms. The van der Waals surface area contributed by atoms with Crippen molar-refractivity contribution in [1.82, 2.24) is 24.8 Å². The molecule has 2 heterocycles. The molecule has 1 amide bonds. The monoisotopic (exact) mass is 511 g/mol. The lowest BCUT2D eigenvalue weighted by Gasteiger charge is -2.22. The Kier molecular flexibility index (Phi) is 8.86. The molecular formula is C30H37N7O. The topological polar surface area (TPSA) is 69.9 Å². The summed E-state index contributed by atoms with van der Waals surface area (Å²) in [5.41, 5.74) is 5.79. The standard InChI is InChI=1S/C30H37N7O/c1-6-23(2)17-28-29(31-3)35(5)15-16-37(30(28)38)27-14-10-13-25(18-27)20-36-22-26(32-33-36)21-34(4)19-24-11-8-7-9-12-24/h7-14,17-18,22H,3,6,15-16,19-21H2,1-2,4-5H3/b23-17-. The van der Waals surface area contributed by atoms with Gasteiger partial charge in [0.05, 0.1) is 24.0 Å². The number of aromatic nitrogens is 3. The Morgan fingerprint density at radius 1 is 1.11 bits per heavy atom. The molecule has 0 spiro atoms. The van der Waals surface area contributed by atoms with Crippen LogP contribution >= 0.6 is 0 Å². The van der Waals surface area contributed by atoms with Gasteiger partial charge in [-0.1, -0.05) is 60.2 Å². The molecule has 0 aliphatic carbocycles. The predicted molar refractivity (Wildman–Crippen MR) is 153 cm³/mol. The smallest absolute Gasteiger partial charge is 0.262 e. The van der Waals surface area contributed by atoms with Crippen LogP contribution in [-0.2, 0) is 24.4 Å². The van der Waals surface area contributed by atoms with E-state index in [1.165, 1.54) is 5.56 Å². The SMILES string of the molecule is C=NC1=C(/C=C(/C)CC)C(=O)N(c2cccc(Cn3cc(CN(C)Cc4ccccc4)nn3)c2)CCN1C. The second-order valence-electron chi connectivity index (χ2n) is 9.85. The molecule has 8 nitrogen and oxygen atoms in total. The first kappa shape index (κ1) is 27.0. The van der Waals surface area contributed by atoms with Crippen LogP contribution in [0.2, 0.25) is 0 Å². The number of carbonyl (C=O) groups excluding carboxylic acids is 1. The van der Waals surface area contributed by atoms with E-state index < -0.39 is 0 Å². The van der Waals surface area contributed by atoms with E-state index in [4.69, 9.17) is 0 Å². The van der Waals surface area contributed by atoms with Crippen molar-refractivity contribution in [3.63, 3.8) is 0 Å². The van der Waals surface area contributed by atoms with Gasteiger partial charge in [-0.05, 0) is 56.4 Å². The minimum absolute atomic E-state index is 0.0637. The van der Waals surface area contributed by atoms with Gasteiger partial charge >= 0.3 is 0 Å². The molecule has 1 aliphatic rings. The van der Waals surface area contributed by atoms with Crippen LogP contribution < -0.4 is 4.90 Å². The molecule has 8 heteroatoms. The maximum Gasteiger partial charge on any atom is 0.262 e. The third-order valence-corrected chi connectivity index (χ3v) is 6.72. The Morgan fingerprint density at radius 2 is 1.87 bits per heavy atom. The minimum atomic E-state index is -0.0637. The van der Waals surface area contributed by atoms with Gasteiger partial charge in [0.25, 0.3) is 5.91 Å². The van der Waals surface area contributed by atoms with Gasteiger partial charge in [-0.3, -0.25) is 9.69 Å². The van der Waals surface area contributed by atoms with E-state index in [-0.39, 0.29) is 5.91 Å². The zero-order chi connectivity index (χ0) is 27.1. The average molecular weight is 512 g/mol. The second-order valence-corrected chi connectivity index (χ2v) is 9.85. The van der Waals surface area contributed by atoms with Gasteiger partial charge in [0.2, 0.25) is 0 Å². The molecule has 0 fully saturated rings. The summed E-state index contributed by atoms with van der Waals surface area (Å²) in [5.74, 6) is 0.556. The largest absolute Gasteiger partial charge is 0.357 e. The lowest BCUT2D eigenvalue weighted by molar-refractivity contribution is -0.114. The van der Waals surface area contributed by atoms with E-state index >= 15 is 0 Å². The third kappa shape index (κ3) is 6.63. The Morgan fingerprint density at radius 3 is 2.61 bits per heavy atom. The van der Waals surface area contributed by atoms with E-state index in [1.807, 2.05) is 58.9 Å². The summed E-state index contributed by atoms with van der Waals surface area (Å²) in [6, 6.07) is 18.5. The van der Waals surface area contributed by atoms with Crippen molar-refractivity contribution in [2.24, 2.45) is 4.99 Å². The Balaban J connectivity index is 1.48. The Hall–Kier alpha value is -4.04. The zero-order valence-electron chi connectivity index (χ0n) is 22.8. The third-order valence-electron chi connectivity index (χ3n) is 6.72. The lowest BCUT2D eigenvalue weighted by Crippen LogP contribution is -2.34. The molecule has 0 radical (unpaired) electrons. The molecule has 38 heavy (non-hydrogen) atoms. The zero-order valence-corrected chi connectivity index (χ0v) is 22.8. The highest BCUT2D eigenvalue weighted by Gasteiger charge is 2.27. The fraction of sp³-hybridized carbons (Fsp3) is 0.333. The van der Waals surface area contributed by atoms with Gasteiger partial charge in [-0.2, -0.15) is 0 Å². The molecule has 1 aromatic heterocycles. The first-order valence-corrected chi connectivity index (χ1v) is 13.0. The van der Waals surface area contributed by atoms with Crippen molar-refractivity contribution in [2.75, 3.05) is 32.1 Å². The van der Waals surface area contributed by atoms with Crippen LogP contribution in [0.1, 0.15) is 37.1 Å². The normalized spacial score (nSPS) is 14.9. The van der Waals surface area contributed by atoms with Crippen molar-refractivity contribution >= 4 is 18.3 Å². The summed E-state index contributed by atoms with van der Waals surface area (Å²) in [4.78, 5) is 23.9. The fourth-order valence-corrected chi connectivity index (χ4v) is 4.56.